The fourth-order valence-corrected chi connectivity index (χ4v) is 3.08. The molecule has 2 N–H and O–H groups in total. The van der Waals surface area contributed by atoms with Crippen molar-refractivity contribution in [1.82, 2.24) is 4.90 Å². The molecule has 1 heterocycles. The minimum Gasteiger partial charge on any atom is -0.330 e. The second-order valence-electron chi connectivity index (χ2n) is 5.34. The topological polar surface area (TPSA) is 29.3 Å². The van der Waals surface area contributed by atoms with E-state index in [2.05, 4.69) is 42.3 Å². The Labute approximate surface area is 105 Å². The Morgan fingerprint density at radius 2 is 1.94 bits per heavy atom. The normalized spacial score (nSPS) is 26.7. The minimum atomic E-state index is 0.320. The van der Waals surface area contributed by atoms with Gasteiger partial charge in [0.2, 0.25) is 0 Å². The molecular formula is C15H24N2. The van der Waals surface area contributed by atoms with E-state index >= 15 is 0 Å². The van der Waals surface area contributed by atoms with Crippen LogP contribution in [0.5, 0.6) is 0 Å². The third kappa shape index (κ3) is 2.88. The van der Waals surface area contributed by atoms with E-state index in [1.165, 1.54) is 37.9 Å². The zero-order valence-corrected chi connectivity index (χ0v) is 10.9. The third-order valence-corrected chi connectivity index (χ3v) is 4.18. The Morgan fingerprint density at radius 1 is 1.18 bits per heavy atom. The van der Waals surface area contributed by atoms with Gasteiger partial charge >= 0.3 is 0 Å². The molecular weight excluding hydrogens is 208 g/mol. The average molecular weight is 232 g/mol. The van der Waals surface area contributed by atoms with Crippen molar-refractivity contribution < 1.29 is 0 Å². The highest BCUT2D eigenvalue weighted by Gasteiger charge is 2.32. The Hall–Kier alpha value is -0.860. The van der Waals surface area contributed by atoms with Gasteiger partial charge in [0.05, 0.1) is 0 Å². The summed E-state index contributed by atoms with van der Waals surface area (Å²) >= 11 is 0. The van der Waals surface area contributed by atoms with E-state index in [4.69, 9.17) is 5.73 Å². The lowest BCUT2D eigenvalue weighted by Gasteiger charge is -2.33. The maximum absolute atomic E-state index is 5.85. The summed E-state index contributed by atoms with van der Waals surface area (Å²) in [5.41, 5.74) is 7.66. The molecule has 0 bridgehead atoms. The van der Waals surface area contributed by atoms with E-state index in [0.29, 0.717) is 5.41 Å². The van der Waals surface area contributed by atoms with Crippen molar-refractivity contribution in [2.75, 3.05) is 26.7 Å². The second kappa shape index (κ2) is 5.65. The first-order chi connectivity index (χ1) is 8.27. The van der Waals surface area contributed by atoms with E-state index in [1.807, 2.05) is 0 Å². The first kappa shape index (κ1) is 12.6. The average Bonchev–Trinajstić information content (AvgIpc) is 2.55. The molecule has 0 radical (unpaired) electrons. The number of hydrogen-bond donors (Lipinski definition) is 1. The van der Waals surface area contributed by atoms with Crippen molar-refractivity contribution in [3.05, 3.63) is 35.9 Å². The molecule has 2 nitrogen and oxygen atoms in total. The number of nitrogens with zero attached hydrogens (tertiary/aromatic N) is 1. The van der Waals surface area contributed by atoms with E-state index in [9.17, 15) is 0 Å². The van der Waals surface area contributed by atoms with Crippen LogP contribution in [-0.4, -0.2) is 31.6 Å². The van der Waals surface area contributed by atoms with Gasteiger partial charge in [-0.3, -0.25) is 0 Å². The molecule has 0 amide bonds. The van der Waals surface area contributed by atoms with Gasteiger partial charge in [-0.15, -0.1) is 0 Å². The van der Waals surface area contributed by atoms with Gasteiger partial charge in [-0.25, -0.2) is 0 Å². The van der Waals surface area contributed by atoms with Crippen LogP contribution < -0.4 is 5.73 Å². The quantitative estimate of drug-likeness (QED) is 0.867. The first-order valence-electron chi connectivity index (χ1n) is 6.71. The van der Waals surface area contributed by atoms with Crippen LogP contribution in [0.25, 0.3) is 0 Å². The summed E-state index contributed by atoms with van der Waals surface area (Å²) in [6.45, 7) is 3.20. The zero-order valence-electron chi connectivity index (χ0n) is 10.9. The maximum atomic E-state index is 5.85. The van der Waals surface area contributed by atoms with Gasteiger partial charge in [0.15, 0.2) is 0 Å². The summed E-state index contributed by atoms with van der Waals surface area (Å²) < 4.78 is 0. The molecule has 0 spiro atoms. The molecule has 1 unspecified atom stereocenters. The summed E-state index contributed by atoms with van der Waals surface area (Å²) in [7, 11) is 2.23. The van der Waals surface area contributed by atoms with E-state index in [1.54, 1.807) is 0 Å². The molecule has 1 aromatic rings. The van der Waals surface area contributed by atoms with Crippen molar-refractivity contribution in [3.8, 4) is 0 Å². The van der Waals surface area contributed by atoms with Crippen molar-refractivity contribution in [3.63, 3.8) is 0 Å². The standard InChI is InChI=1S/C15H24N2/c1-17-12-5-8-15(9-11-16,10-13-17)14-6-3-2-4-7-14/h2-4,6-7H,5,8-13,16H2,1H3. The number of rotatable bonds is 3. The van der Waals surface area contributed by atoms with Crippen LogP contribution in [0.4, 0.5) is 0 Å². The molecule has 1 aromatic carbocycles. The Kier molecular flexibility index (Phi) is 4.19. The minimum absolute atomic E-state index is 0.320. The molecule has 1 saturated heterocycles. The molecule has 94 valence electrons. The summed E-state index contributed by atoms with van der Waals surface area (Å²) in [5, 5.41) is 0. The lowest BCUT2D eigenvalue weighted by Crippen LogP contribution is -2.30. The summed E-state index contributed by atoms with van der Waals surface area (Å²) in [6.07, 6.45) is 4.92. The molecule has 0 aliphatic carbocycles. The van der Waals surface area contributed by atoms with Crippen LogP contribution in [0, 0.1) is 0 Å². The first-order valence-corrected chi connectivity index (χ1v) is 6.71. The van der Waals surface area contributed by atoms with E-state index < -0.39 is 0 Å². The van der Waals surface area contributed by atoms with Crippen LogP contribution in [0.3, 0.4) is 0 Å². The van der Waals surface area contributed by atoms with Crippen LogP contribution in [0.15, 0.2) is 30.3 Å². The SMILES string of the molecule is CN1CCCC(CCN)(c2ccccc2)CC1. The summed E-state index contributed by atoms with van der Waals surface area (Å²) in [6, 6.07) is 11.0. The van der Waals surface area contributed by atoms with Gasteiger partial charge in [0.25, 0.3) is 0 Å². The number of likely N-dealkylation sites (tertiary alicyclic amines) is 1. The lowest BCUT2D eigenvalue weighted by molar-refractivity contribution is 0.317. The van der Waals surface area contributed by atoms with Crippen molar-refractivity contribution >= 4 is 0 Å². The molecule has 1 atom stereocenters. The van der Waals surface area contributed by atoms with E-state index in [0.717, 1.165) is 13.0 Å². The Balaban J connectivity index is 2.25. The van der Waals surface area contributed by atoms with Gasteiger partial charge < -0.3 is 10.6 Å². The smallest absolute Gasteiger partial charge is 0.00133 e. The van der Waals surface area contributed by atoms with E-state index in [-0.39, 0.29) is 0 Å². The van der Waals surface area contributed by atoms with Gasteiger partial charge in [-0.2, -0.15) is 0 Å². The largest absolute Gasteiger partial charge is 0.330 e. The molecule has 1 fully saturated rings. The molecule has 2 rings (SSSR count). The molecule has 0 saturated carbocycles. The predicted octanol–water partition coefficient (Wildman–Crippen LogP) is 2.39. The monoisotopic (exact) mass is 232 g/mol. The molecule has 0 aromatic heterocycles. The van der Waals surface area contributed by atoms with Crippen molar-refractivity contribution in [1.29, 1.82) is 0 Å². The zero-order chi connectivity index (χ0) is 12.1. The van der Waals surface area contributed by atoms with Gasteiger partial charge in [-0.05, 0) is 63.3 Å². The highest BCUT2D eigenvalue weighted by Crippen LogP contribution is 2.37. The number of benzene rings is 1. The van der Waals surface area contributed by atoms with Crippen LogP contribution in [0.2, 0.25) is 0 Å². The Morgan fingerprint density at radius 3 is 2.65 bits per heavy atom. The summed E-state index contributed by atoms with van der Waals surface area (Å²) in [5.74, 6) is 0. The molecule has 17 heavy (non-hydrogen) atoms. The lowest BCUT2D eigenvalue weighted by atomic mass is 9.72. The fourth-order valence-electron chi connectivity index (χ4n) is 3.08. The van der Waals surface area contributed by atoms with Crippen LogP contribution in [0.1, 0.15) is 31.2 Å². The number of nitrogens with two attached hydrogens (primary N) is 1. The molecule has 1 aliphatic heterocycles. The van der Waals surface area contributed by atoms with Gasteiger partial charge in [-0.1, -0.05) is 30.3 Å². The van der Waals surface area contributed by atoms with Crippen LogP contribution >= 0.6 is 0 Å². The molecule has 1 aliphatic rings. The maximum Gasteiger partial charge on any atom is -0.00133 e. The van der Waals surface area contributed by atoms with Crippen LogP contribution in [-0.2, 0) is 5.41 Å². The predicted molar refractivity (Wildman–Crippen MR) is 73.1 cm³/mol. The van der Waals surface area contributed by atoms with Gasteiger partial charge in [0, 0.05) is 0 Å². The van der Waals surface area contributed by atoms with Crippen molar-refractivity contribution in [2.45, 2.75) is 31.1 Å². The highest BCUT2D eigenvalue weighted by molar-refractivity contribution is 5.26. The summed E-state index contributed by atoms with van der Waals surface area (Å²) in [4.78, 5) is 2.45. The number of hydrogen-bond acceptors (Lipinski definition) is 2. The molecule has 2 heteroatoms. The fraction of sp³-hybridized carbons (Fsp3) is 0.600. The highest BCUT2D eigenvalue weighted by atomic mass is 15.1. The third-order valence-electron chi connectivity index (χ3n) is 4.18. The second-order valence-corrected chi connectivity index (χ2v) is 5.34. The van der Waals surface area contributed by atoms with Gasteiger partial charge in [0.1, 0.15) is 0 Å². The van der Waals surface area contributed by atoms with Crippen molar-refractivity contribution in [2.24, 2.45) is 5.73 Å². The Bertz CT molecular complexity index is 336.